The molecule has 2 aromatic carbocycles. The lowest BCUT2D eigenvalue weighted by Crippen LogP contribution is -2.41. The molecule has 0 bridgehead atoms. The summed E-state index contributed by atoms with van der Waals surface area (Å²) in [5, 5.41) is 0. The minimum Gasteiger partial charge on any atom is -0.368 e. The number of benzene rings is 2. The zero-order valence-corrected chi connectivity index (χ0v) is 13.2. The van der Waals surface area contributed by atoms with Crippen molar-refractivity contribution in [3.8, 4) is 0 Å². The number of nitrogens with two attached hydrogens (primary N) is 1. The summed E-state index contributed by atoms with van der Waals surface area (Å²) in [5.41, 5.74) is 9.85. The van der Waals surface area contributed by atoms with Crippen molar-refractivity contribution in [1.29, 1.82) is 0 Å². The number of nitrogens with zero attached hydrogens (tertiary/aromatic N) is 1. The normalized spacial score (nSPS) is 27.0. The molecule has 1 heterocycles. The molecular weight excluding hydrogens is 284 g/mol. The lowest BCUT2D eigenvalue weighted by atomic mass is 9.96. The highest BCUT2D eigenvalue weighted by molar-refractivity contribution is 5.80. The van der Waals surface area contributed by atoms with Gasteiger partial charge in [0.25, 0.3) is 0 Å². The van der Waals surface area contributed by atoms with Crippen LogP contribution in [0.5, 0.6) is 0 Å². The molecule has 0 radical (unpaired) electrons. The fraction of sp³-hybridized carbons (Fsp3) is 0.350. The van der Waals surface area contributed by atoms with E-state index >= 15 is 0 Å². The van der Waals surface area contributed by atoms with Crippen molar-refractivity contribution in [2.45, 2.75) is 37.3 Å². The SMILES string of the molecule is NC(=O)C1CC(c2ccccc2)CN1[C@@H]1CCc2ccccc21. The van der Waals surface area contributed by atoms with Gasteiger partial charge >= 0.3 is 0 Å². The molecule has 3 heteroatoms. The summed E-state index contributed by atoms with van der Waals surface area (Å²) in [6.07, 6.45) is 3.02. The molecule has 2 aromatic rings. The summed E-state index contributed by atoms with van der Waals surface area (Å²) in [4.78, 5) is 14.4. The van der Waals surface area contributed by atoms with Crippen LogP contribution in [0, 0.1) is 0 Å². The molecule has 0 spiro atoms. The number of rotatable bonds is 3. The smallest absolute Gasteiger partial charge is 0.234 e. The standard InChI is InChI=1S/C20H22N2O/c21-20(23)19-12-16(14-6-2-1-3-7-14)13-22(19)18-11-10-15-8-4-5-9-17(15)18/h1-9,16,18-19H,10-13H2,(H2,21,23)/t16?,18-,19?/m1/s1. The Bertz CT molecular complexity index is 713. The van der Waals surface area contributed by atoms with Crippen LogP contribution in [0.2, 0.25) is 0 Å². The maximum atomic E-state index is 12.0. The van der Waals surface area contributed by atoms with Crippen molar-refractivity contribution in [3.63, 3.8) is 0 Å². The predicted octanol–water partition coefficient (Wildman–Crippen LogP) is 3.02. The van der Waals surface area contributed by atoms with Crippen LogP contribution in [0.4, 0.5) is 0 Å². The number of hydrogen-bond donors (Lipinski definition) is 1. The monoisotopic (exact) mass is 306 g/mol. The Labute approximate surface area is 137 Å². The number of amides is 1. The van der Waals surface area contributed by atoms with E-state index in [1.807, 2.05) is 6.07 Å². The van der Waals surface area contributed by atoms with Crippen LogP contribution < -0.4 is 5.73 Å². The van der Waals surface area contributed by atoms with Crippen LogP contribution in [0.25, 0.3) is 0 Å². The van der Waals surface area contributed by atoms with Crippen LogP contribution in [0.15, 0.2) is 54.6 Å². The molecule has 3 nitrogen and oxygen atoms in total. The van der Waals surface area contributed by atoms with E-state index in [1.165, 1.54) is 16.7 Å². The van der Waals surface area contributed by atoms with Gasteiger partial charge in [0.15, 0.2) is 0 Å². The van der Waals surface area contributed by atoms with Gasteiger partial charge in [0.1, 0.15) is 0 Å². The van der Waals surface area contributed by atoms with Gasteiger partial charge in [-0.25, -0.2) is 0 Å². The van der Waals surface area contributed by atoms with E-state index in [4.69, 9.17) is 5.73 Å². The average Bonchev–Trinajstić information content (AvgIpc) is 3.19. The van der Waals surface area contributed by atoms with E-state index in [0.717, 1.165) is 25.8 Å². The van der Waals surface area contributed by atoms with Crippen molar-refractivity contribution < 1.29 is 4.79 Å². The van der Waals surface area contributed by atoms with E-state index in [0.29, 0.717) is 12.0 Å². The van der Waals surface area contributed by atoms with Crippen molar-refractivity contribution in [3.05, 3.63) is 71.3 Å². The third kappa shape index (κ3) is 2.55. The largest absolute Gasteiger partial charge is 0.368 e. The van der Waals surface area contributed by atoms with Gasteiger partial charge in [-0.05, 0) is 41.9 Å². The maximum absolute atomic E-state index is 12.0. The van der Waals surface area contributed by atoms with Gasteiger partial charge < -0.3 is 5.73 Å². The summed E-state index contributed by atoms with van der Waals surface area (Å²) in [6, 6.07) is 19.3. The topological polar surface area (TPSA) is 46.3 Å². The molecule has 1 aliphatic carbocycles. The minimum atomic E-state index is -0.187. The summed E-state index contributed by atoms with van der Waals surface area (Å²) in [6.45, 7) is 0.913. The Balaban J connectivity index is 1.64. The van der Waals surface area contributed by atoms with Crippen LogP contribution in [-0.2, 0) is 11.2 Å². The third-order valence-electron chi connectivity index (χ3n) is 5.44. The van der Waals surface area contributed by atoms with Crippen LogP contribution in [-0.4, -0.2) is 23.4 Å². The fourth-order valence-corrected chi connectivity index (χ4v) is 4.33. The number of carbonyl (C=O) groups is 1. The second-order valence-corrected chi connectivity index (χ2v) is 6.71. The number of primary amides is 1. The van der Waals surface area contributed by atoms with Crippen LogP contribution in [0.1, 0.15) is 41.5 Å². The lowest BCUT2D eigenvalue weighted by Gasteiger charge is -2.29. The summed E-state index contributed by atoms with van der Waals surface area (Å²) >= 11 is 0. The van der Waals surface area contributed by atoms with Gasteiger partial charge in [-0.3, -0.25) is 9.69 Å². The molecule has 2 unspecified atom stereocenters. The molecule has 0 saturated carbocycles. The molecule has 1 fully saturated rings. The zero-order valence-electron chi connectivity index (χ0n) is 13.2. The van der Waals surface area contributed by atoms with Crippen LogP contribution in [0.3, 0.4) is 0 Å². The Hall–Kier alpha value is -2.13. The van der Waals surface area contributed by atoms with Crippen molar-refractivity contribution in [2.24, 2.45) is 5.73 Å². The highest BCUT2D eigenvalue weighted by Gasteiger charge is 2.42. The third-order valence-corrected chi connectivity index (χ3v) is 5.44. The second kappa shape index (κ2) is 5.82. The number of likely N-dealkylation sites (tertiary alicyclic amines) is 1. The van der Waals surface area contributed by atoms with Gasteiger partial charge in [0.2, 0.25) is 5.91 Å². The van der Waals surface area contributed by atoms with Gasteiger partial charge in [-0.15, -0.1) is 0 Å². The Morgan fingerprint density at radius 1 is 1.04 bits per heavy atom. The molecule has 2 aliphatic rings. The van der Waals surface area contributed by atoms with Gasteiger partial charge in [0.05, 0.1) is 6.04 Å². The lowest BCUT2D eigenvalue weighted by molar-refractivity contribution is -0.123. The van der Waals surface area contributed by atoms with E-state index in [1.54, 1.807) is 0 Å². The Kier molecular flexibility index (Phi) is 3.66. The quantitative estimate of drug-likeness (QED) is 0.947. The highest BCUT2D eigenvalue weighted by atomic mass is 16.1. The first-order valence-corrected chi connectivity index (χ1v) is 8.42. The van der Waals surface area contributed by atoms with E-state index in [-0.39, 0.29) is 11.9 Å². The molecule has 1 saturated heterocycles. The first-order valence-electron chi connectivity index (χ1n) is 8.42. The molecule has 3 atom stereocenters. The highest BCUT2D eigenvalue weighted by Crippen LogP contribution is 2.42. The van der Waals surface area contributed by atoms with E-state index in [9.17, 15) is 4.79 Å². The first kappa shape index (κ1) is 14.5. The van der Waals surface area contributed by atoms with E-state index < -0.39 is 0 Å². The Morgan fingerprint density at radius 3 is 2.57 bits per heavy atom. The predicted molar refractivity (Wildman–Crippen MR) is 91.0 cm³/mol. The first-order chi connectivity index (χ1) is 11.2. The second-order valence-electron chi connectivity index (χ2n) is 6.71. The number of fused-ring (bicyclic) bond motifs is 1. The molecular formula is C20H22N2O. The molecule has 4 rings (SSSR count). The summed E-state index contributed by atoms with van der Waals surface area (Å²) < 4.78 is 0. The molecule has 118 valence electrons. The van der Waals surface area contributed by atoms with Crippen molar-refractivity contribution in [2.75, 3.05) is 6.54 Å². The minimum absolute atomic E-state index is 0.156. The van der Waals surface area contributed by atoms with Crippen LogP contribution >= 0.6 is 0 Å². The fourth-order valence-electron chi connectivity index (χ4n) is 4.33. The van der Waals surface area contributed by atoms with Gasteiger partial charge in [0, 0.05) is 12.6 Å². The molecule has 2 N–H and O–H groups in total. The summed E-state index contributed by atoms with van der Waals surface area (Å²) in [5.74, 6) is 0.203. The number of hydrogen-bond acceptors (Lipinski definition) is 2. The maximum Gasteiger partial charge on any atom is 0.234 e. The van der Waals surface area contributed by atoms with Crippen molar-refractivity contribution >= 4 is 5.91 Å². The molecule has 23 heavy (non-hydrogen) atoms. The molecule has 0 aromatic heterocycles. The number of aryl methyl sites for hydroxylation is 1. The molecule has 1 amide bonds. The molecule has 1 aliphatic heterocycles. The summed E-state index contributed by atoms with van der Waals surface area (Å²) in [7, 11) is 0. The van der Waals surface area contributed by atoms with E-state index in [2.05, 4.69) is 53.4 Å². The Morgan fingerprint density at radius 2 is 1.78 bits per heavy atom. The van der Waals surface area contributed by atoms with Gasteiger partial charge in [-0.1, -0.05) is 54.6 Å². The zero-order chi connectivity index (χ0) is 15.8. The number of carbonyl (C=O) groups excluding carboxylic acids is 1. The van der Waals surface area contributed by atoms with Crippen molar-refractivity contribution in [1.82, 2.24) is 4.90 Å². The van der Waals surface area contributed by atoms with Gasteiger partial charge in [-0.2, -0.15) is 0 Å². The average molecular weight is 306 g/mol.